The third-order valence-corrected chi connectivity index (χ3v) is 2.85. The van der Waals surface area contributed by atoms with Gasteiger partial charge in [0.25, 0.3) is 5.91 Å². The lowest BCUT2D eigenvalue weighted by molar-refractivity contribution is 0.0950. The first-order valence-electron chi connectivity index (χ1n) is 4.98. The molecule has 0 aliphatic rings. The van der Waals surface area contributed by atoms with E-state index in [4.69, 9.17) is 5.26 Å². The molecule has 0 radical (unpaired) electrons. The summed E-state index contributed by atoms with van der Waals surface area (Å²) in [7, 11) is 0. The van der Waals surface area contributed by atoms with Crippen molar-refractivity contribution in [3.63, 3.8) is 0 Å². The summed E-state index contributed by atoms with van der Waals surface area (Å²) in [6, 6.07) is 7.66. The van der Waals surface area contributed by atoms with Gasteiger partial charge in [0.2, 0.25) is 0 Å². The second-order valence-electron chi connectivity index (χ2n) is 3.72. The zero-order valence-electron chi connectivity index (χ0n) is 9.25. The van der Waals surface area contributed by atoms with Crippen molar-refractivity contribution in [2.45, 2.75) is 13.8 Å². The average molecular weight is 281 g/mol. The summed E-state index contributed by atoms with van der Waals surface area (Å²) in [6.45, 7) is 4.07. The van der Waals surface area contributed by atoms with Crippen LogP contribution in [0.3, 0.4) is 0 Å². The van der Waals surface area contributed by atoms with Crippen LogP contribution in [-0.4, -0.2) is 12.5 Å². The summed E-state index contributed by atoms with van der Waals surface area (Å²) in [5.41, 5.74) is 1.63. The topological polar surface area (TPSA) is 52.9 Å². The first-order chi connectivity index (χ1) is 7.54. The van der Waals surface area contributed by atoms with Gasteiger partial charge in [0.05, 0.1) is 17.6 Å². The first-order valence-corrected chi connectivity index (χ1v) is 5.78. The fourth-order valence-electron chi connectivity index (χ4n) is 1.20. The van der Waals surface area contributed by atoms with Gasteiger partial charge in [-0.1, -0.05) is 11.6 Å². The number of nitrogens with zero attached hydrogens (tertiary/aromatic N) is 1. The number of amides is 1. The van der Waals surface area contributed by atoms with Gasteiger partial charge in [-0.05, 0) is 41.9 Å². The van der Waals surface area contributed by atoms with Crippen molar-refractivity contribution in [3.05, 3.63) is 33.8 Å². The molecule has 1 unspecified atom stereocenters. The normalized spacial score (nSPS) is 11.6. The number of nitriles is 1. The number of hydrogen-bond acceptors (Lipinski definition) is 2. The summed E-state index contributed by atoms with van der Waals surface area (Å²) in [5, 5.41) is 11.3. The zero-order chi connectivity index (χ0) is 12.1. The summed E-state index contributed by atoms with van der Waals surface area (Å²) in [4.78, 5) is 11.8. The summed E-state index contributed by atoms with van der Waals surface area (Å²) in [5.74, 6) is -0.329. The smallest absolute Gasteiger partial charge is 0.252 e. The molecule has 4 heteroatoms. The van der Waals surface area contributed by atoms with Gasteiger partial charge < -0.3 is 5.32 Å². The van der Waals surface area contributed by atoms with Crippen LogP contribution in [0.25, 0.3) is 0 Å². The quantitative estimate of drug-likeness (QED) is 0.926. The maximum absolute atomic E-state index is 11.8. The molecule has 1 aromatic carbocycles. The number of halogens is 1. The molecule has 16 heavy (non-hydrogen) atoms. The molecular formula is C12H13BrN2O. The zero-order valence-corrected chi connectivity index (χ0v) is 10.8. The van der Waals surface area contributed by atoms with Crippen LogP contribution < -0.4 is 5.32 Å². The van der Waals surface area contributed by atoms with Crippen molar-refractivity contribution >= 4 is 21.8 Å². The van der Waals surface area contributed by atoms with Gasteiger partial charge in [0.1, 0.15) is 0 Å². The highest BCUT2D eigenvalue weighted by atomic mass is 79.9. The van der Waals surface area contributed by atoms with Gasteiger partial charge in [-0.15, -0.1) is 0 Å². The van der Waals surface area contributed by atoms with Gasteiger partial charge in [-0.3, -0.25) is 4.79 Å². The Bertz CT molecular complexity index is 437. The molecule has 0 aromatic heterocycles. The molecule has 84 valence electrons. The molecule has 0 saturated heterocycles. The molecule has 1 aromatic rings. The van der Waals surface area contributed by atoms with Gasteiger partial charge >= 0.3 is 0 Å². The first kappa shape index (κ1) is 12.7. The monoisotopic (exact) mass is 280 g/mol. The van der Waals surface area contributed by atoms with Crippen molar-refractivity contribution < 1.29 is 4.79 Å². The van der Waals surface area contributed by atoms with E-state index in [9.17, 15) is 4.79 Å². The van der Waals surface area contributed by atoms with Crippen LogP contribution >= 0.6 is 15.9 Å². The van der Waals surface area contributed by atoms with E-state index in [1.807, 2.05) is 25.1 Å². The average Bonchev–Trinajstić information content (AvgIpc) is 2.28. The van der Waals surface area contributed by atoms with Crippen molar-refractivity contribution in [3.8, 4) is 6.07 Å². The highest BCUT2D eigenvalue weighted by Gasteiger charge is 2.10. The third-order valence-electron chi connectivity index (χ3n) is 2.16. The molecule has 0 spiro atoms. The minimum Gasteiger partial charge on any atom is -0.351 e. The number of hydrogen-bond donors (Lipinski definition) is 1. The Morgan fingerprint density at radius 1 is 1.62 bits per heavy atom. The maximum Gasteiger partial charge on any atom is 0.252 e. The standard InChI is InChI=1S/C12H13BrN2O/c1-8-3-4-11(13)10(5-8)12(16)15-7-9(2)6-14/h3-5,9H,7H2,1-2H3,(H,15,16). The lowest BCUT2D eigenvalue weighted by Gasteiger charge is -2.08. The lowest BCUT2D eigenvalue weighted by atomic mass is 10.1. The number of aryl methyl sites for hydroxylation is 1. The molecule has 1 amide bonds. The largest absolute Gasteiger partial charge is 0.351 e. The van der Waals surface area contributed by atoms with Gasteiger partial charge in [-0.2, -0.15) is 5.26 Å². The van der Waals surface area contributed by atoms with Gasteiger partial charge in [0, 0.05) is 11.0 Å². The van der Waals surface area contributed by atoms with Crippen LogP contribution in [0.4, 0.5) is 0 Å². The molecule has 0 aliphatic heterocycles. The molecule has 1 rings (SSSR count). The molecule has 0 fully saturated rings. The third kappa shape index (κ3) is 3.35. The molecule has 0 aliphatic carbocycles. The van der Waals surface area contributed by atoms with Gasteiger partial charge in [-0.25, -0.2) is 0 Å². The Morgan fingerprint density at radius 2 is 2.31 bits per heavy atom. The molecule has 1 N–H and O–H groups in total. The lowest BCUT2D eigenvalue weighted by Crippen LogP contribution is -2.28. The predicted molar refractivity (Wildman–Crippen MR) is 66.0 cm³/mol. The van der Waals surface area contributed by atoms with Gasteiger partial charge in [0.15, 0.2) is 0 Å². The highest BCUT2D eigenvalue weighted by molar-refractivity contribution is 9.10. The van der Waals surface area contributed by atoms with Crippen molar-refractivity contribution in [1.82, 2.24) is 5.32 Å². The van der Waals surface area contributed by atoms with Crippen LogP contribution in [-0.2, 0) is 0 Å². The summed E-state index contributed by atoms with van der Waals surface area (Å²) in [6.07, 6.45) is 0. The molecule has 0 heterocycles. The van der Waals surface area contributed by atoms with Crippen LogP contribution in [0.5, 0.6) is 0 Å². The number of carbonyl (C=O) groups is 1. The number of benzene rings is 1. The van der Waals surface area contributed by atoms with E-state index in [2.05, 4.69) is 27.3 Å². The fourth-order valence-corrected chi connectivity index (χ4v) is 1.63. The van der Waals surface area contributed by atoms with E-state index in [1.54, 1.807) is 6.92 Å². The molecule has 1 atom stereocenters. The second-order valence-corrected chi connectivity index (χ2v) is 4.58. The second kappa shape index (κ2) is 5.66. The Kier molecular flexibility index (Phi) is 4.51. The molecule has 0 bridgehead atoms. The number of carbonyl (C=O) groups excluding carboxylic acids is 1. The van der Waals surface area contributed by atoms with E-state index in [0.29, 0.717) is 12.1 Å². The van der Waals surface area contributed by atoms with Crippen LogP contribution in [0.15, 0.2) is 22.7 Å². The Morgan fingerprint density at radius 3 is 2.94 bits per heavy atom. The highest BCUT2D eigenvalue weighted by Crippen LogP contribution is 2.17. The fraction of sp³-hybridized carbons (Fsp3) is 0.333. The molecule has 3 nitrogen and oxygen atoms in total. The van der Waals surface area contributed by atoms with E-state index in [0.717, 1.165) is 10.0 Å². The summed E-state index contributed by atoms with van der Waals surface area (Å²) >= 11 is 3.33. The van der Waals surface area contributed by atoms with Crippen LogP contribution in [0.2, 0.25) is 0 Å². The molecule has 0 saturated carbocycles. The van der Waals surface area contributed by atoms with E-state index >= 15 is 0 Å². The SMILES string of the molecule is Cc1ccc(Br)c(C(=O)NCC(C)C#N)c1. The van der Waals surface area contributed by atoms with Crippen molar-refractivity contribution in [1.29, 1.82) is 5.26 Å². The van der Waals surface area contributed by atoms with Crippen molar-refractivity contribution in [2.75, 3.05) is 6.54 Å². The Hall–Kier alpha value is -1.34. The van der Waals surface area contributed by atoms with Crippen molar-refractivity contribution in [2.24, 2.45) is 5.92 Å². The van der Waals surface area contributed by atoms with E-state index in [-0.39, 0.29) is 11.8 Å². The minimum atomic E-state index is -0.174. The van der Waals surface area contributed by atoms with E-state index < -0.39 is 0 Å². The Balaban J connectivity index is 2.74. The predicted octanol–water partition coefficient (Wildman–Crippen LogP) is 2.65. The van der Waals surface area contributed by atoms with Crippen LogP contribution in [0.1, 0.15) is 22.8 Å². The molecular weight excluding hydrogens is 268 g/mol. The van der Waals surface area contributed by atoms with Crippen LogP contribution in [0, 0.1) is 24.2 Å². The maximum atomic E-state index is 11.8. The van der Waals surface area contributed by atoms with E-state index in [1.165, 1.54) is 0 Å². The number of rotatable bonds is 3. The number of nitrogens with one attached hydrogen (secondary N) is 1. The summed E-state index contributed by atoms with van der Waals surface area (Å²) < 4.78 is 0.764. The minimum absolute atomic E-state index is 0.155. The Labute approximate surface area is 104 Å².